The summed E-state index contributed by atoms with van der Waals surface area (Å²) in [6, 6.07) is 4.86. The zero-order chi connectivity index (χ0) is 13.0. The van der Waals surface area contributed by atoms with E-state index < -0.39 is 5.82 Å². The van der Waals surface area contributed by atoms with Crippen LogP contribution in [0.3, 0.4) is 0 Å². The molecule has 2 nitrogen and oxygen atoms in total. The van der Waals surface area contributed by atoms with Gasteiger partial charge < -0.3 is 10.5 Å². The second-order valence-corrected chi connectivity index (χ2v) is 5.24. The van der Waals surface area contributed by atoms with Gasteiger partial charge in [0.05, 0.1) is 17.7 Å². The van der Waals surface area contributed by atoms with E-state index in [1.54, 1.807) is 12.1 Å². The van der Waals surface area contributed by atoms with Crippen LogP contribution in [0.4, 0.5) is 4.39 Å². The first-order chi connectivity index (χ1) is 8.68. The molecule has 1 fully saturated rings. The summed E-state index contributed by atoms with van der Waals surface area (Å²) in [6.45, 7) is 0.328. The van der Waals surface area contributed by atoms with E-state index in [0.29, 0.717) is 12.2 Å². The summed E-state index contributed by atoms with van der Waals surface area (Å²) < 4.78 is 19.1. The van der Waals surface area contributed by atoms with Gasteiger partial charge in [0.15, 0.2) is 0 Å². The summed E-state index contributed by atoms with van der Waals surface area (Å²) in [5.41, 5.74) is 6.77. The highest BCUT2D eigenvalue weighted by Crippen LogP contribution is 2.24. The topological polar surface area (TPSA) is 35.2 Å². The van der Waals surface area contributed by atoms with Crippen LogP contribution in [0, 0.1) is 5.82 Å². The van der Waals surface area contributed by atoms with Gasteiger partial charge >= 0.3 is 0 Å². The molecule has 2 N–H and O–H groups in total. The van der Waals surface area contributed by atoms with Crippen LogP contribution in [0.5, 0.6) is 0 Å². The number of ether oxygens (including phenoxy) is 1. The monoisotopic (exact) mass is 271 g/mol. The molecule has 2 unspecified atom stereocenters. The van der Waals surface area contributed by atoms with Crippen LogP contribution in [-0.4, -0.2) is 12.1 Å². The summed E-state index contributed by atoms with van der Waals surface area (Å²) >= 11 is 5.89. The molecule has 1 saturated carbocycles. The number of hydrogen-bond acceptors (Lipinski definition) is 2. The number of halogens is 2. The number of nitrogens with two attached hydrogens (primary N) is 1. The van der Waals surface area contributed by atoms with Crippen molar-refractivity contribution in [2.24, 2.45) is 5.73 Å². The maximum absolute atomic E-state index is 13.3. The molecule has 1 aromatic rings. The number of benzene rings is 1. The van der Waals surface area contributed by atoms with E-state index in [1.807, 2.05) is 0 Å². The van der Waals surface area contributed by atoms with Crippen LogP contribution >= 0.6 is 11.6 Å². The van der Waals surface area contributed by atoms with Crippen LogP contribution in [-0.2, 0) is 11.3 Å². The molecule has 0 saturated heterocycles. The van der Waals surface area contributed by atoms with Gasteiger partial charge in [-0.25, -0.2) is 4.39 Å². The summed E-state index contributed by atoms with van der Waals surface area (Å²) in [5.74, 6) is -0.400. The largest absolute Gasteiger partial charge is 0.372 e. The molecule has 0 bridgehead atoms. The first-order valence-electron chi connectivity index (χ1n) is 6.48. The molecule has 18 heavy (non-hydrogen) atoms. The molecule has 0 aliphatic heterocycles. The van der Waals surface area contributed by atoms with Gasteiger partial charge in [0, 0.05) is 6.04 Å². The third-order valence-electron chi connectivity index (χ3n) is 3.49. The van der Waals surface area contributed by atoms with Gasteiger partial charge in [-0.1, -0.05) is 43.0 Å². The standard InChI is InChI=1S/C14H19ClFNO/c15-14-10(5-4-6-11(14)16)9-18-13-8-3-1-2-7-12(13)17/h4-6,12-13H,1-3,7-9,17H2. The molecule has 2 rings (SSSR count). The molecule has 4 heteroatoms. The molecule has 2 atom stereocenters. The molecular formula is C14H19ClFNO. The van der Waals surface area contributed by atoms with Crippen molar-refractivity contribution >= 4 is 11.6 Å². The Balaban J connectivity index is 1.95. The molecular weight excluding hydrogens is 253 g/mol. The Morgan fingerprint density at radius 1 is 1.28 bits per heavy atom. The Morgan fingerprint density at radius 3 is 2.89 bits per heavy atom. The Morgan fingerprint density at radius 2 is 2.06 bits per heavy atom. The van der Waals surface area contributed by atoms with E-state index in [4.69, 9.17) is 22.1 Å². The third kappa shape index (κ3) is 3.44. The Kier molecular flexibility index (Phi) is 4.98. The van der Waals surface area contributed by atoms with E-state index in [1.165, 1.54) is 18.9 Å². The predicted octanol–water partition coefficient (Wildman–Crippen LogP) is 3.66. The van der Waals surface area contributed by atoms with E-state index in [9.17, 15) is 4.39 Å². The Hall–Kier alpha value is -0.640. The first-order valence-corrected chi connectivity index (χ1v) is 6.86. The summed E-state index contributed by atoms with van der Waals surface area (Å²) in [6.07, 6.45) is 5.58. The molecule has 0 radical (unpaired) electrons. The van der Waals surface area contributed by atoms with E-state index in [-0.39, 0.29) is 17.2 Å². The van der Waals surface area contributed by atoms with Gasteiger partial charge in [-0.3, -0.25) is 0 Å². The SMILES string of the molecule is NC1CCCCCC1OCc1cccc(F)c1Cl. The normalized spacial score (nSPS) is 24.8. The maximum Gasteiger partial charge on any atom is 0.142 e. The minimum atomic E-state index is -0.400. The lowest BCUT2D eigenvalue weighted by molar-refractivity contribution is 0.0194. The fourth-order valence-electron chi connectivity index (χ4n) is 2.37. The summed E-state index contributed by atoms with van der Waals surface area (Å²) in [7, 11) is 0. The highest BCUT2D eigenvalue weighted by atomic mass is 35.5. The minimum absolute atomic E-state index is 0.0619. The van der Waals surface area contributed by atoms with Crippen molar-refractivity contribution in [2.75, 3.05) is 0 Å². The molecule has 1 aliphatic rings. The molecule has 1 aliphatic carbocycles. The van der Waals surface area contributed by atoms with Gasteiger partial charge in [0.2, 0.25) is 0 Å². The Bertz CT molecular complexity index is 399. The zero-order valence-corrected chi connectivity index (χ0v) is 11.1. The highest BCUT2D eigenvalue weighted by molar-refractivity contribution is 6.31. The number of rotatable bonds is 3. The molecule has 0 amide bonds. The lowest BCUT2D eigenvalue weighted by Gasteiger charge is -2.22. The summed E-state index contributed by atoms with van der Waals surface area (Å²) in [5, 5.41) is 0.152. The van der Waals surface area contributed by atoms with Crippen LogP contribution < -0.4 is 5.73 Å². The Labute approximate surface area is 112 Å². The fraction of sp³-hybridized carbons (Fsp3) is 0.571. The van der Waals surface area contributed by atoms with E-state index >= 15 is 0 Å². The van der Waals surface area contributed by atoms with Crippen molar-refractivity contribution in [3.63, 3.8) is 0 Å². The van der Waals surface area contributed by atoms with Crippen molar-refractivity contribution in [2.45, 2.75) is 50.9 Å². The van der Waals surface area contributed by atoms with Crippen molar-refractivity contribution in [3.05, 3.63) is 34.6 Å². The third-order valence-corrected chi connectivity index (χ3v) is 3.91. The first kappa shape index (κ1) is 13.8. The van der Waals surface area contributed by atoms with Crippen molar-refractivity contribution in [3.8, 4) is 0 Å². The van der Waals surface area contributed by atoms with Gasteiger partial charge in [-0.05, 0) is 24.5 Å². The smallest absolute Gasteiger partial charge is 0.142 e. The van der Waals surface area contributed by atoms with Gasteiger partial charge in [0.25, 0.3) is 0 Å². The van der Waals surface area contributed by atoms with Crippen LogP contribution in [0.2, 0.25) is 5.02 Å². The fourth-order valence-corrected chi connectivity index (χ4v) is 2.55. The van der Waals surface area contributed by atoms with Crippen LogP contribution in [0.1, 0.15) is 37.7 Å². The highest BCUT2D eigenvalue weighted by Gasteiger charge is 2.21. The molecule has 0 heterocycles. The van der Waals surface area contributed by atoms with Gasteiger partial charge in [-0.15, -0.1) is 0 Å². The molecule has 0 spiro atoms. The second-order valence-electron chi connectivity index (χ2n) is 4.86. The molecule has 100 valence electrons. The van der Waals surface area contributed by atoms with Crippen molar-refractivity contribution in [1.29, 1.82) is 0 Å². The maximum atomic E-state index is 13.3. The van der Waals surface area contributed by atoms with Gasteiger partial charge in [-0.2, -0.15) is 0 Å². The molecule has 0 aromatic heterocycles. The predicted molar refractivity (Wildman–Crippen MR) is 71.0 cm³/mol. The quantitative estimate of drug-likeness (QED) is 0.852. The zero-order valence-electron chi connectivity index (χ0n) is 10.4. The van der Waals surface area contributed by atoms with Gasteiger partial charge in [0.1, 0.15) is 5.82 Å². The van der Waals surface area contributed by atoms with Crippen molar-refractivity contribution < 1.29 is 9.13 Å². The second kappa shape index (κ2) is 6.50. The lowest BCUT2D eigenvalue weighted by atomic mass is 10.1. The lowest BCUT2D eigenvalue weighted by Crippen LogP contribution is -2.35. The summed E-state index contributed by atoms with van der Waals surface area (Å²) in [4.78, 5) is 0. The van der Waals surface area contributed by atoms with Crippen LogP contribution in [0.15, 0.2) is 18.2 Å². The average molecular weight is 272 g/mol. The van der Waals surface area contributed by atoms with Crippen molar-refractivity contribution in [1.82, 2.24) is 0 Å². The van der Waals surface area contributed by atoms with Crippen LogP contribution in [0.25, 0.3) is 0 Å². The van der Waals surface area contributed by atoms with E-state index in [2.05, 4.69) is 0 Å². The molecule has 1 aromatic carbocycles. The number of hydrogen-bond donors (Lipinski definition) is 1. The van der Waals surface area contributed by atoms with E-state index in [0.717, 1.165) is 19.3 Å². The minimum Gasteiger partial charge on any atom is -0.372 e. The average Bonchev–Trinajstić information content (AvgIpc) is 2.56.